The van der Waals surface area contributed by atoms with Gasteiger partial charge in [0.05, 0.1) is 0 Å². The highest BCUT2D eigenvalue weighted by Gasteiger charge is 2.15. The maximum atomic E-state index is 13.8. The fourth-order valence-corrected chi connectivity index (χ4v) is 4.36. The number of aromatic nitrogens is 1. The maximum absolute atomic E-state index is 13.8. The third-order valence-corrected chi connectivity index (χ3v) is 6.12. The van der Waals surface area contributed by atoms with E-state index in [1.165, 1.54) is 28.2 Å². The lowest BCUT2D eigenvalue weighted by Crippen LogP contribution is -2.17. The van der Waals surface area contributed by atoms with Crippen LogP contribution in [0.15, 0.2) is 66.7 Å². The van der Waals surface area contributed by atoms with Crippen molar-refractivity contribution in [2.24, 2.45) is 0 Å². The van der Waals surface area contributed by atoms with Crippen molar-refractivity contribution in [2.45, 2.75) is 26.4 Å². The molecule has 0 aliphatic carbocycles. The highest BCUT2D eigenvalue weighted by atomic mass is 35.5. The summed E-state index contributed by atoms with van der Waals surface area (Å²) in [5.41, 5.74) is 5.39. The van der Waals surface area contributed by atoms with E-state index in [1.54, 1.807) is 12.1 Å². The summed E-state index contributed by atoms with van der Waals surface area (Å²) in [6, 6.07) is 21.0. The van der Waals surface area contributed by atoms with Gasteiger partial charge in [-0.15, -0.1) is 0 Å². The Kier molecular flexibility index (Phi) is 6.43. The average Bonchev–Trinajstić information content (AvgIpc) is 3.00. The first-order valence-electron chi connectivity index (χ1n) is 9.99. The zero-order valence-electron chi connectivity index (χ0n) is 16.8. The molecule has 1 N–H and O–H groups in total. The lowest BCUT2D eigenvalue weighted by molar-refractivity contribution is 0.597. The number of rotatable bonds is 7. The molecular weight excluding hydrogens is 418 g/mol. The van der Waals surface area contributed by atoms with Crippen LogP contribution in [0.5, 0.6) is 0 Å². The molecule has 0 bridgehead atoms. The van der Waals surface area contributed by atoms with E-state index >= 15 is 0 Å². The van der Waals surface area contributed by atoms with Gasteiger partial charge in [0.25, 0.3) is 0 Å². The van der Waals surface area contributed by atoms with Gasteiger partial charge in [-0.25, -0.2) is 4.39 Å². The predicted molar refractivity (Wildman–Crippen MR) is 124 cm³/mol. The second-order valence-corrected chi connectivity index (χ2v) is 8.26. The molecule has 0 fully saturated rings. The molecule has 30 heavy (non-hydrogen) atoms. The Hall–Kier alpha value is -2.33. The number of hydrogen-bond acceptors (Lipinski definition) is 1. The minimum absolute atomic E-state index is 0.146. The zero-order valence-corrected chi connectivity index (χ0v) is 18.3. The first-order valence-corrected chi connectivity index (χ1v) is 10.7. The van der Waals surface area contributed by atoms with Gasteiger partial charge in [0, 0.05) is 39.7 Å². The number of halogens is 3. The minimum atomic E-state index is -0.146. The van der Waals surface area contributed by atoms with Gasteiger partial charge >= 0.3 is 0 Å². The third-order valence-electron chi connectivity index (χ3n) is 5.54. The fraction of sp³-hybridized carbons (Fsp3) is 0.200. The number of hydrogen-bond donors (Lipinski definition) is 1. The summed E-state index contributed by atoms with van der Waals surface area (Å²) >= 11 is 12.5. The molecule has 4 aromatic rings. The standard InChI is InChI=1S/C25H23Cl2FN2/c1-17-22(15-29-13-12-18-6-2-4-8-24(18)28)21-7-3-5-9-25(21)30(17)16-19-10-11-20(26)14-23(19)27/h2-11,14,29H,12-13,15-16H2,1H3. The molecule has 0 aliphatic rings. The SMILES string of the molecule is Cc1c(CNCCc2ccccc2F)c2ccccc2n1Cc1ccc(Cl)cc1Cl. The molecule has 1 heterocycles. The van der Waals surface area contributed by atoms with Crippen LogP contribution < -0.4 is 5.32 Å². The van der Waals surface area contributed by atoms with Crippen molar-refractivity contribution in [3.05, 3.63) is 105 Å². The molecule has 0 radical (unpaired) electrons. The van der Waals surface area contributed by atoms with Gasteiger partial charge in [-0.3, -0.25) is 0 Å². The number of fused-ring (bicyclic) bond motifs is 1. The quantitative estimate of drug-likeness (QED) is 0.313. The van der Waals surface area contributed by atoms with Crippen LogP contribution in [0.25, 0.3) is 10.9 Å². The number of nitrogens with zero attached hydrogens (tertiary/aromatic N) is 1. The molecule has 4 rings (SSSR count). The van der Waals surface area contributed by atoms with Crippen LogP contribution in [0.4, 0.5) is 4.39 Å². The van der Waals surface area contributed by atoms with Crippen molar-refractivity contribution < 1.29 is 4.39 Å². The van der Waals surface area contributed by atoms with Crippen molar-refractivity contribution in [3.63, 3.8) is 0 Å². The second-order valence-electron chi connectivity index (χ2n) is 7.42. The Morgan fingerprint density at radius 1 is 0.933 bits per heavy atom. The molecule has 0 saturated carbocycles. The van der Waals surface area contributed by atoms with E-state index in [1.807, 2.05) is 24.3 Å². The van der Waals surface area contributed by atoms with Gasteiger partial charge in [0.2, 0.25) is 0 Å². The van der Waals surface area contributed by atoms with Gasteiger partial charge in [-0.2, -0.15) is 0 Å². The zero-order chi connectivity index (χ0) is 21.1. The highest BCUT2D eigenvalue weighted by molar-refractivity contribution is 6.35. The molecule has 0 spiro atoms. The molecule has 0 saturated heterocycles. The molecule has 1 aromatic heterocycles. The van der Waals surface area contributed by atoms with Gasteiger partial charge in [-0.1, -0.05) is 65.7 Å². The van der Waals surface area contributed by atoms with Gasteiger partial charge < -0.3 is 9.88 Å². The molecule has 0 unspecified atom stereocenters. The van der Waals surface area contributed by atoms with Gasteiger partial charge in [0.15, 0.2) is 0 Å². The first-order chi connectivity index (χ1) is 14.5. The molecule has 2 nitrogen and oxygen atoms in total. The van der Waals surface area contributed by atoms with E-state index in [2.05, 4.69) is 41.1 Å². The molecular formula is C25H23Cl2FN2. The Balaban J connectivity index is 1.55. The number of para-hydroxylation sites is 1. The van der Waals surface area contributed by atoms with Crippen molar-refractivity contribution in [2.75, 3.05) is 6.54 Å². The van der Waals surface area contributed by atoms with Gasteiger partial charge in [-0.05, 0) is 60.8 Å². The lowest BCUT2D eigenvalue weighted by Gasteiger charge is -2.11. The van der Waals surface area contributed by atoms with Crippen LogP contribution in [0.3, 0.4) is 0 Å². The Labute approximate surface area is 186 Å². The number of benzene rings is 3. The van der Waals surface area contributed by atoms with Crippen LogP contribution in [0, 0.1) is 12.7 Å². The Bertz CT molecular complexity index is 1180. The number of nitrogens with one attached hydrogen (secondary N) is 1. The van der Waals surface area contributed by atoms with E-state index in [0.29, 0.717) is 29.6 Å². The van der Waals surface area contributed by atoms with Crippen molar-refractivity contribution in [1.82, 2.24) is 9.88 Å². The third kappa shape index (κ3) is 4.39. The maximum Gasteiger partial charge on any atom is 0.126 e. The van der Waals surface area contributed by atoms with Crippen molar-refractivity contribution in [3.8, 4) is 0 Å². The molecule has 154 valence electrons. The van der Waals surface area contributed by atoms with E-state index in [4.69, 9.17) is 23.2 Å². The topological polar surface area (TPSA) is 17.0 Å². The van der Waals surface area contributed by atoms with Crippen LogP contribution in [-0.2, 0) is 19.5 Å². The van der Waals surface area contributed by atoms with E-state index in [-0.39, 0.29) is 5.82 Å². The van der Waals surface area contributed by atoms with Crippen LogP contribution in [0.1, 0.15) is 22.4 Å². The molecule has 0 atom stereocenters. The molecule has 0 amide bonds. The molecule has 3 aromatic carbocycles. The summed E-state index contributed by atoms with van der Waals surface area (Å²) in [6.07, 6.45) is 0.657. The highest BCUT2D eigenvalue weighted by Crippen LogP contribution is 2.29. The fourth-order valence-electron chi connectivity index (χ4n) is 3.89. The van der Waals surface area contributed by atoms with E-state index < -0.39 is 0 Å². The smallest absolute Gasteiger partial charge is 0.126 e. The van der Waals surface area contributed by atoms with Crippen molar-refractivity contribution >= 4 is 34.1 Å². The van der Waals surface area contributed by atoms with Crippen molar-refractivity contribution in [1.29, 1.82) is 0 Å². The largest absolute Gasteiger partial charge is 0.340 e. The summed E-state index contributed by atoms with van der Waals surface area (Å²) in [6.45, 7) is 4.25. The summed E-state index contributed by atoms with van der Waals surface area (Å²) in [5, 5.41) is 6.01. The Morgan fingerprint density at radius 2 is 1.70 bits per heavy atom. The predicted octanol–water partition coefficient (Wildman–Crippen LogP) is 6.78. The lowest BCUT2D eigenvalue weighted by atomic mass is 10.1. The Morgan fingerprint density at radius 3 is 2.50 bits per heavy atom. The monoisotopic (exact) mass is 440 g/mol. The molecule has 5 heteroatoms. The summed E-state index contributed by atoms with van der Waals surface area (Å²) in [4.78, 5) is 0. The normalized spacial score (nSPS) is 11.3. The van der Waals surface area contributed by atoms with E-state index in [9.17, 15) is 4.39 Å². The summed E-state index contributed by atoms with van der Waals surface area (Å²) in [7, 11) is 0. The van der Waals surface area contributed by atoms with Crippen LogP contribution >= 0.6 is 23.2 Å². The van der Waals surface area contributed by atoms with Crippen LogP contribution in [0.2, 0.25) is 10.0 Å². The van der Waals surface area contributed by atoms with Crippen LogP contribution in [-0.4, -0.2) is 11.1 Å². The molecule has 0 aliphatic heterocycles. The summed E-state index contributed by atoms with van der Waals surface area (Å²) < 4.78 is 16.1. The van der Waals surface area contributed by atoms with Gasteiger partial charge in [0.1, 0.15) is 5.82 Å². The average molecular weight is 441 g/mol. The minimum Gasteiger partial charge on any atom is -0.340 e. The second kappa shape index (κ2) is 9.22. The first kappa shape index (κ1) is 20.9. The van der Waals surface area contributed by atoms with E-state index in [0.717, 1.165) is 17.7 Å². The summed E-state index contributed by atoms with van der Waals surface area (Å²) in [5.74, 6) is -0.146.